The first kappa shape index (κ1) is 9.68. The van der Waals surface area contributed by atoms with E-state index in [-0.39, 0.29) is 6.10 Å². The molecule has 0 fully saturated rings. The van der Waals surface area contributed by atoms with E-state index in [1.807, 2.05) is 18.2 Å². The van der Waals surface area contributed by atoms with Gasteiger partial charge in [0.2, 0.25) is 0 Å². The van der Waals surface area contributed by atoms with Gasteiger partial charge in [-0.05, 0) is 28.2 Å². The van der Waals surface area contributed by atoms with Crippen molar-refractivity contribution in [1.82, 2.24) is 0 Å². The summed E-state index contributed by atoms with van der Waals surface area (Å²) in [7, 11) is 0. The summed E-state index contributed by atoms with van der Waals surface area (Å²) in [5, 5.41) is 0. The number of ether oxygens (including phenoxy) is 1. The van der Waals surface area contributed by atoms with Gasteiger partial charge in [-0.2, -0.15) is 0 Å². The first-order valence-electron chi connectivity index (χ1n) is 3.99. The number of rotatable bonds is 1. The third-order valence-corrected chi connectivity index (χ3v) is 4.50. The van der Waals surface area contributed by atoms with Crippen LogP contribution in [0.25, 0.3) is 0 Å². The SMILES string of the molecule is BrC1=C(I)COC1c1ccccc1. The zero-order chi connectivity index (χ0) is 9.26. The molecule has 0 aliphatic carbocycles. The highest BCUT2D eigenvalue weighted by Crippen LogP contribution is 2.40. The summed E-state index contributed by atoms with van der Waals surface area (Å²) in [6, 6.07) is 10.2. The lowest BCUT2D eigenvalue weighted by atomic mass is 10.1. The Morgan fingerprint density at radius 3 is 2.54 bits per heavy atom. The van der Waals surface area contributed by atoms with Gasteiger partial charge < -0.3 is 4.74 Å². The van der Waals surface area contributed by atoms with Crippen LogP contribution in [-0.2, 0) is 4.74 Å². The minimum atomic E-state index is 0.105. The van der Waals surface area contributed by atoms with Gasteiger partial charge in [-0.3, -0.25) is 0 Å². The molecule has 1 unspecified atom stereocenters. The summed E-state index contributed by atoms with van der Waals surface area (Å²) >= 11 is 5.86. The Balaban J connectivity index is 2.30. The zero-order valence-electron chi connectivity index (χ0n) is 6.84. The number of hydrogen-bond acceptors (Lipinski definition) is 1. The molecule has 0 amide bonds. The smallest absolute Gasteiger partial charge is 0.115 e. The molecule has 13 heavy (non-hydrogen) atoms. The molecule has 1 aliphatic rings. The molecule has 1 aromatic rings. The largest absolute Gasteiger partial charge is 0.363 e. The van der Waals surface area contributed by atoms with Crippen LogP contribution in [0.2, 0.25) is 0 Å². The fraction of sp³-hybridized carbons (Fsp3) is 0.200. The standard InChI is InChI=1S/C10H8BrIO/c11-9-8(12)6-13-10(9)7-4-2-1-3-5-7/h1-5,10H,6H2. The van der Waals surface area contributed by atoms with Crippen LogP contribution in [0.15, 0.2) is 38.4 Å². The van der Waals surface area contributed by atoms with Crippen LogP contribution in [0.4, 0.5) is 0 Å². The minimum absolute atomic E-state index is 0.105. The van der Waals surface area contributed by atoms with Gasteiger partial charge in [0.25, 0.3) is 0 Å². The van der Waals surface area contributed by atoms with Gasteiger partial charge in [0.1, 0.15) is 6.10 Å². The van der Waals surface area contributed by atoms with E-state index in [0.717, 1.165) is 6.61 Å². The number of hydrogen-bond donors (Lipinski definition) is 0. The highest BCUT2D eigenvalue weighted by Gasteiger charge is 2.24. The van der Waals surface area contributed by atoms with Crippen LogP contribution in [0.1, 0.15) is 11.7 Å². The lowest BCUT2D eigenvalue weighted by Gasteiger charge is -2.10. The maximum Gasteiger partial charge on any atom is 0.115 e. The van der Waals surface area contributed by atoms with Gasteiger partial charge in [-0.1, -0.05) is 46.3 Å². The van der Waals surface area contributed by atoms with Crippen molar-refractivity contribution in [2.75, 3.05) is 6.61 Å². The summed E-state index contributed by atoms with van der Waals surface area (Å²) < 4.78 is 8.06. The molecule has 0 spiro atoms. The molecule has 1 atom stereocenters. The molecule has 2 rings (SSSR count). The van der Waals surface area contributed by atoms with Crippen molar-refractivity contribution in [1.29, 1.82) is 0 Å². The van der Waals surface area contributed by atoms with Gasteiger partial charge in [0.15, 0.2) is 0 Å². The lowest BCUT2D eigenvalue weighted by Crippen LogP contribution is -1.96. The highest BCUT2D eigenvalue weighted by atomic mass is 127. The van der Waals surface area contributed by atoms with Gasteiger partial charge in [0, 0.05) is 8.06 Å². The molecule has 1 heterocycles. The average Bonchev–Trinajstić information content (AvgIpc) is 2.49. The van der Waals surface area contributed by atoms with E-state index in [1.54, 1.807) is 0 Å². The molecule has 0 N–H and O–H groups in total. The first-order valence-corrected chi connectivity index (χ1v) is 5.87. The van der Waals surface area contributed by atoms with Crippen molar-refractivity contribution in [2.45, 2.75) is 6.10 Å². The summed E-state index contributed by atoms with van der Waals surface area (Å²) in [6.07, 6.45) is 0.105. The predicted molar refractivity (Wildman–Crippen MR) is 65.1 cm³/mol. The molecule has 1 aromatic carbocycles. The normalized spacial score (nSPS) is 22.5. The second-order valence-corrected chi connectivity index (χ2v) is 5.01. The molecular weight excluding hydrogens is 343 g/mol. The highest BCUT2D eigenvalue weighted by molar-refractivity contribution is 14.1. The monoisotopic (exact) mass is 350 g/mol. The fourth-order valence-electron chi connectivity index (χ4n) is 1.31. The zero-order valence-corrected chi connectivity index (χ0v) is 10.6. The van der Waals surface area contributed by atoms with Gasteiger partial charge in [-0.15, -0.1) is 0 Å². The van der Waals surface area contributed by atoms with E-state index in [1.165, 1.54) is 13.6 Å². The van der Waals surface area contributed by atoms with Crippen LogP contribution in [0.5, 0.6) is 0 Å². The van der Waals surface area contributed by atoms with E-state index in [0.29, 0.717) is 0 Å². The quantitative estimate of drug-likeness (QED) is 0.700. The summed E-state index contributed by atoms with van der Waals surface area (Å²) in [5.74, 6) is 0. The second kappa shape index (κ2) is 4.11. The fourth-order valence-corrected chi connectivity index (χ4v) is 2.28. The van der Waals surface area contributed by atoms with E-state index in [4.69, 9.17) is 4.74 Å². The van der Waals surface area contributed by atoms with Gasteiger partial charge in [-0.25, -0.2) is 0 Å². The Hall–Kier alpha value is 0.130. The third kappa shape index (κ3) is 1.97. The van der Waals surface area contributed by atoms with Gasteiger partial charge in [0.05, 0.1) is 6.61 Å². The van der Waals surface area contributed by atoms with Crippen molar-refractivity contribution in [3.63, 3.8) is 0 Å². The summed E-state index contributed by atoms with van der Waals surface area (Å²) in [5.41, 5.74) is 1.21. The van der Waals surface area contributed by atoms with Crippen LogP contribution in [0.3, 0.4) is 0 Å². The van der Waals surface area contributed by atoms with E-state index in [9.17, 15) is 0 Å². The van der Waals surface area contributed by atoms with Crippen LogP contribution in [-0.4, -0.2) is 6.61 Å². The van der Waals surface area contributed by atoms with Crippen molar-refractivity contribution in [3.05, 3.63) is 44.0 Å². The third-order valence-electron chi connectivity index (χ3n) is 1.97. The minimum Gasteiger partial charge on any atom is -0.363 e. The van der Waals surface area contributed by atoms with Crippen molar-refractivity contribution < 1.29 is 4.74 Å². The topological polar surface area (TPSA) is 9.23 Å². The molecule has 1 nitrogen and oxygen atoms in total. The maximum atomic E-state index is 5.64. The van der Waals surface area contributed by atoms with Crippen molar-refractivity contribution in [2.24, 2.45) is 0 Å². The second-order valence-electron chi connectivity index (χ2n) is 2.85. The molecule has 3 heteroatoms. The summed E-state index contributed by atoms with van der Waals surface area (Å²) in [6.45, 7) is 0.723. The molecule has 0 aromatic heterocycles. The Morgan fingerprint density at radius 1 is 1.31 bits per heavy atom. The molecule has 0 saturated carbocycles. The Labute approximate surface area is 99.4 Å². The van der Waals surface area contributed by atoms with Crippen LogP contribution in [0, 0.1) is 0 Å². The first-order chi connectivity index (χ1) is 6.29. The molecule has 0 radical (unpaired) electrons. The molecule has 0 saturated heterocycles. The summed E-state index contributed by atoms with van der Waals surface area (Å²) in [4.78, 5) is 0. The predicted octanol–water partition coefficient (Wildman–Crippen LogP) is 3.80. The Bertz CT molecular complexity index is 334. The van der Waals surface area contributed by atoms with E-state index in [2.05, 4.69) is 50.7 Å². The van der Waals surface area contributed by atoms with E-state index < -0.39 is 0 Å². The molecular formula is C10H8BrIO. The van der Waals surface area contributed by atoms with Crippen molar-refractivity contribution in [3.8, 4) is 0 Å². The molecule has 68 valence electrons. The van der Waals surface area contributed by atoms with Crippen LogP contribution < -0.4 is 0 Å². The molecule has 0 bridgehead atoms. The van der Waals surface area contributed by atoms with E-state index >= 15 is 0 Å². The Kier molecular flexibility index (Phi) is 3.06. The molecule has 1 aliphatic heterocycles. The number of halogens is 2. The van der Waals surface area contributed by atoms with Crippen molar-refractivity contribution >= 4 is 38.5 Å². The Morgan fingerprint density at radius 2 is 2.00 bits per heavy atom. The number of benzene rings is 1. The maximum absolute atomic E-state index is 5.64. The lowest BCUT2D eigenvalue weighted by molar-refractivity contribution is 0.127. The van der Waals surface area contributed by atoms with Crippen LogP contribution >= 0.6 is 38.5 Å². The van der Waals surface area contributed by atoms with Gasteiger partial charge >= 0.3 is 0 Å². The average molecular weight is 351 g/mol.